The minimum absolute atomic E-state index is 0.0792. The van der Waals surface area contributed by atoms with E-state index >= 15 is 0 Å². The van der Waals surface area contributed by atoms with Gasteiger partial charge in [0.1, 0.15) is 6.23 Å². The van der Waals surface area contributed by atoms with Crippen LogP contribution in [0.2, 0.25) is 0 Å². The van der Waals surface area contributed by atoms with E-state index in [-0.39, 0.29) is 11.8 Å². The molecule has 1 atom stereocenters. The molecule has 10 heavy (non-hydrogen) atoms. The van der Waals surface area contributed by atoms with Crippen molar-refractivity contribution in [2.75, 3.05) is 0 Å². The van der Waals surface area contributed by atoms with Gasteiger partial charge >= 0.3 is 0 Å². The minimum atomic E-state index is -0.701. The Morgan fingerprint density at radius 3 is 2.40 bits per heavy atom. The summed E-state index contributed by atoms with van der Waals surface area (Å²) in [5.74, 6) is -0.0308. The van der Waals surface area contributed by atoms with Gasteiger partial charge in [-0.05, 0) is 5.92 Å². The van der Waals surface area contributed by atoms with Crippen molar-refractivity contribution < 1.29 is 9.90 Å². The zero-order valence-corrected chi connectivity index (χ0v) is 6.72. The van der Waals surface area contributed by atoms with Crippen LogP contribution in [-0.2, 0) is 4.79 Å². The lowest BCUT2D eigenvalue weighted by molar-refractivity contribution is -0.124. The molecule has 1 unspecified atom stereocenters. The quantitative estimate of drug-likeness (QED) is 0.568. The monoisotopic (exact) mass is 145 g/mol. The summed E-state index contributed by atoms with van der Waals surface area (Å²) in [6, 6.07) is 0. The molecular weight excluding hydrogens is 130 g/mol. The van der Waals surface area contributed by atoms with Crippen molar-refractivity contribution in [2.45, 2.75) is 33.4 Å². The van der Waals surface area contributed by atoms with Crippen LogP contribution >= 0.6 is 0 Å². The van der Waals surface area contributed by atoms with E-state index in [1.54, 1.807) is 6.92 Å². The molecule has 0 rings (SSSR count). The standard InChI is InChI=1S/C7H15NO2/c1-4-6(9)8-7(10)5(2)3/h5,7,10H,4H2,1-3H3,(H,8,9). The molecule has 3 heteroatoms. The van der Waals surface area contributed by atoms with Gasteiger partial charge in [-0.3, -0.25) is 4.79 Å². The Morgan fingerprint density at radius 2 is 2.10 bits per heavy atom. The Bertz CT molecular complexity index is 112. The van der Waals surface area contributed by atoms with Gasteiger partial charge in [0.15, 0.2) is 0 Å². The molecule has 2 N–H and O–H groups in total. The minimum Gasteiger partial charge on any atom is -0.373 e. The molecular formula is C7H15NO2. The van der Waals surface area contributed by atoms with Gasteiger partial charge in [0, 0.05) is 6.42 Å². The van der Waals surface area contributed by atoms with Crippen LogP contribution in [0.15, 0.2) is 0 Å². The molecule has 0 aromatic carbocycles. The van der Waals surface area contributed by atoms with Crippen molar-refractivity contribution in [3.8, 4) is 0 Å². The highest BCUT2D eigenvalue weighted by molar-refractivity contribution is 5.75. The summed E-state index contributed by atoms with van der Waals surface area (Å²) < 4.78 is 0. The lowest BCUT2D eigenvalue weighted by Gasteiger charge is -2.15. The third kappa shape index (κ3) is 3.45. The number of amides is 1. The fraction of sp³-hybridized carbons (Fsp3) is 0.857. The Morgan fingerprint density at radius 1 is 1.60 bits per heavy atom. The number of rotatable bonds is 3. The third-order valence-electron chi connectivity index (χ3n) is 1.26. The maximum absolute atomic E-state index is 10.7. The second kappa shape index (κ2) is 4.28. The first-order valence-electron chi connectivity index (χ1n) is 3.55. The highest BCUT2D eigenvalue weighted by Crippen LogP contribution is 1.96. The topological polar surface area (TPSA) is 49.3 Å². The SMILES string of the molecule is CCC(=O)NC(O)C(C)C. The average Bonchev–Trinajstić information content (AvgIpc) is 1.87. The van der Waals surface area contributed by atoms with Crippen molar-refractivity contribution in [3.05, 3.63) is 0 Å². The summed E-state index contributed by atoms with van der Waals surface area (Å²) in [5, 5.41) is 11.5. The Kier molecular flexibility index (Phi) is 4.03. The van der Waals surface area contributed by atoms with Gasteiger partial charge in [0.05, 0.1) is 0 Å². The number of hydrogen-bond donors (Lipinski definition) is 2. The van der Waals surface area contributed by atoms with Crippen molar-refractivity contribution in [1.29, 1.82) is 0 Å². The zero-order valence-electron chi connectivity index (χ0n) is 6.72. The lowest BCUT2D eigenvalue weighted by Crippen LogP contribution is -2.37. The first kappa shape index (κ1) is 9.43. The van der Waals surface area contributed by atoms with E-state index in [0.29, 0.717) is 6.42 Å². The Hall–Kier alpha value is -0.570. The molecule has 0 saturated carbocycles. The normalized spacial score (nSPS) is 13.3. The number of aliphatic hydroxyl groups is 1. The second-order valence-electron chi connectivity index (χ2n) is 2.61. The maximum atomic E-state index is 10.7. The number of hydrogen-bond acceptors (Lipinski definition) is 2. The van der Waals surface area contributed by atoms with Crippen LogP contribution in [0.4, 0.5) is 0 Å². The molecule has 0 fully saturated rings. The summed E-state index contributed by atoms with van der Waals surface area (Å²) in [4.78, 5) is 10.7. The maximum Gasteiger partial charge on any atom is 0.221 e. The van der Waals surface area contributed by atoms with Gasteiger partial charge in [-0.1, -0.05) is 20.8 Å². The predicted octanol–water partition coefficient (Wildman–Crippen LogP) is 0.487. The molecule has 0 aliphatic carbocycles. The Balaban J connectivity index is 3.57. The summed E-state index contributed by atoms with van der Waals surface area (Å²) in [7, 11) is 0. The fourth-order valence-corrected chi connectivity index (χ4v) is 0.434. The van der Waals surface area contributed by atoms with E-state index in [9.17, 15) is 4.79 Å². The molecule has 0 bridgehead atoms. The summed E-state index contributed by atoms with van der Waals surface area (Å²) in [5.41, 5.74) is 0. The molecule has 0 aromatic rings. The van der Waals surface area contributed by atoms with Crippen molar-refractivity contribution in [3.63, 3.8) is 0 Å². The molecule has 0 spiro atoms. The molecule has 1 amide bonds. The van der Waals surface area contributed by atoms with E-state index < -0.39 is 6.23 Å². The number of carbonyl (C=O) groups excluding carboxylic acids is 1. The highest BCUT2D eigenvalue weighted by atomic mass is 16.3. The van der Waals surface area contributed by atoms with Crippen LogP contribution in [0.25, 0.3) is 0 Å². The molecule has 0 aliphatic rings. The van der Waals surface area contributed by atoms with Crippen LogP contribution in [0.5, 0.6) is 0 Å². The highest BCUT2D eigenvalue weighted by Gasteiger charge is 2.09. The Labute approximate surface area is 61.4 Å². The van der Waals surface area contributed by atoms with Gasteiger partial charge in [-0.25, -0.2) is 0 Å². The molecule has 0 aliphatic heterocycles. The van der Waals surface area contributed by atoms with Crippen LogP contribution in [0.1, 0.15) is 27.2 Å². The number of aliphatic hydroxyl groups excluding tert-OH is 1. The smallest absolute Gasteiger partial charge is 0.221 e. The fourth-order valence-electron chi connectivity index (χ4n) is 0.434. The third-order valence-corrected chi connectivity index (χ3v) is 1.26. The first-order chi connectivity index (χ1) is 4.57. The summed E-state index contributed by atoms with van der Waals surface area (Å²) in [6.07, 6.45) is -0.281. The van der Waals surface area contributed by atoms with Gasteiger partial charge in [0.2, 0.25) is 5.91 Å². The first-order valence-corrected chi connectivity index (χ1v) is 3.55. The molecule has 0 saturated heterocycles. The van der Waals surface area contributed by atoms with Gasteiger partial charge in [0.25, 0.3) is 0 Å². The van der Waals surface area contributed by atoms with Crippen LogP contribution in [-0.4, -0.2) is 17.2 Å². The van der Waals surface area contributed by atoms with Crippen molar-refractivity contribution >= 4 is 5.91 Å². The molecule has 0 aromatic heterocycles. The molecule has 0 radical (unpaired) electrons. The van der Waals surface area contributed by atoms with Gasteiger partial charge in [-0.2, -0.15) is 0 Å². The van der Waals surface area contributed by atoms with Crippen LogP contribution < -0.4 is 5.32 Å². The number of carbonyl (C=O) groups is 1. The number of nitrogens with one attached hydrogen (secondary N) is 1. The average molecular weight is 145 g/mol. The molecule has 3 nitrogen and oxygen atoms in total. The van der Waals surface area contributed by atoms with Gasteiger partial charge in [-0.15, -0.1) is 0 Å². The predicted molar refractivity (Wildman–Crippen MR) is 39.3 cm³/mol. The van der Waals surface area contributed by atoms with E-state index in [2.05, 4.69) is 5.32 Å². The summed E-state index contributed by atoms with van der Waals surface area (Å²) in [6.45, 7) is 5.45. The molecule has 60 valence electrons. The summed E-state index contributed by atoms with van der Waals surface area (Å²) >= 11 is 0. The van der Waals surface area contributed by atoms with E-state index in [1.807, 2.05) is 13.8 Å². The second-order valence-corrected chi connectivity index (χ2v) is 2.61. The van der Waals surface area contributed by atoms with Gasteiger partial charge < -0.3 is 10.4 Å². The zero-order chi connectivity index (χ0) is 8.15. The van der Waals surface area contributed by atoms with Crippen molar-refractivity contribution in [2.24, 2.45) is 5.92 Å². The van der Waals surface area contributed by atoms with Crippen LogP contribution in [0.3, 0.4) is 0 Å². The van der Waals surface area contributed by atoms with Crippen molar-refractivity contribution in [1.82, 2.24) is 5.32 Å². The van der Waals surface area contributed by atoms with E-state index in [0.717, 1.165) is 0 Å². The van der Waals surface area contributed by atoms with E-state index in [1.165, 1.54) is 0 Å². The lowest BCUT2D eigenvalue weighted by atomic mass is 10.2. The van der Waals surface area contributed by atoms with E-state index in [4.69, 9.17) is 5.11 Å². The largest absolute Gasteiger partial charge is 0.373 e. The molecule has 0 heterocycles. The van der Waals surface area contributed by atoms with Crippen LogP contribution in [0, 0.1) is 5.92 Å².